The molecular weight excluding hydrogens is 304 g/mol. The molecule has 1 aliphatic heterocycles. The van der Waals surface area contributed by atoms with E-state index in [4.69, 9.17) is 10.00 Å². The number of pyridine rings is 1. The van der Waals surface area contributed by atoms with Crippen LogP contribution in [-0.2, 0) is 0 Å². The molecule has 1 saturated heterocycles. The fourth-order valence-corrected chi connectivity index (χ4v) is 2.92. The Labute approximate surface area is 139 Å². The summed E-state index contributed by atoms with van der Waals surface area (Å²) in [6, 6.07) is 9.48. The Bertz CT molecular complexity index is 882. The fourth-order valence-electron chi connectivity index (χ4n) is 2.92. The number of ether oxygens (including phenoxy) is 1. The first kappa shape index (κ1) is 14.5. The van der Waals surface area contributed by atoms with Crippen LogP contribution in [0.25, 0.3) is 5.65 Å². The van der Waals surface area contributed by atoms with Crippen LogP contribution in [0.3, 0.4) is 0 Å². The van der Waals surface area contributed by atoms with Gasteiger partial charge in [-0.25, -0.2) is 14.5 Å². The van der Waals surface area contributed by atoms with E-state index in [-0.39, 0.29) is 0 Å². The lowest BCUT2D eigenvalue weighted by atomic mass is 10.1. The van der Waals surface area contributed by atoms with Crippen molar-refractivity contribution < 1.29 is 4.74 Å². The van der Waals surface area contributed by atoms with E-state index in [1.54, 1.807) is 29.2 Å². The summed E-state index contributed by atoms with van der Waals surface area (Å²) in [6.07, 6.45) is 6.34. The molecular formula is C17H16N6O. The summed E-state index contributed by atoms with van der Waals surface area (Å²) < 4.78 is 7.55. The van der Waals surface area contributed by atoms with Crippen LogP contribution in [0.4, 0.5) is 5.69 Å². The van der Waals surface area contributed by atoms with Crippen molar-refractivity contribution >= 4 is 11.3 Å². The van der Waals surface area contributed by atoms with Crippen molar-refractivity contribution in [1.82, 2.24) is 19.6 Å². The minimum absolute atomic E-state index is 0.443. The van der Waals surface area contributed by atoms with Gasteiger partial charge in [0.15, 0.2) is 5.65 Å². The number of nitrogens with zero attached hydrogens (tertiary/aromatic N) is 6. The summed E-state index contributed by atoms with van der Waals surface area (Å²) >= 11 is 0. The predicted molar refractivity (Wildman–Crippen MR) is 87.8 cm³/mol. The van der Waals surface area contributed by atoms with Crippen LogP contribution < -0.4 is 9.64 Å². The van der Waals surface area contributed by atoms with Gasteiger partial charge in [-0.15, -0.1) is 5.10 Å². The monoisotopic (exact) mass is 320 g/mol. The summed E-state index contributed by atoms with van der Waals surface area (Å²) in [6.45, 7) is 2.52. The van der Waals surface area contributed by atoms with Crippen LogP contribution >= 0.6 is 0 Å². The minimum Gasteiger partial charge on any atom is -0.476 e. The zero-order valence-corrected chi connectivity index (χ0v) is 13.0. The van der Waals surface area contributed by atoms with Gasteiger partial charge in [0.25, 0.3) is 0 Å². The highest BCUT2D eigenvalue weighted by Gasteiger charge is 2.23. The van der Waals surface area contributed by atoms with Crippen molar-refractivity contribution in [3.05, 3.63) is 48.5 Å². The van der Waals surface area contributed by atoms with Gasteiger partial charge in [0.05, 0.1) is 18.5 Å². The molecule has 4 heterocycles. The zero-order valence-electron chi connectivity index (χ0n) is 13.0. The lowest BCUT2D eigenvalue weighted by molar-refractivity contribution is 0.249. The molecule has 1 unspecified atom stereocenters. The molecule has 3 aromatic rings. The van der Waals surface area contributed by atoms with Crippen molar-refractivity contribution in [3.8, 4) is 11.9 Å². The summed E-state index contributed by atoms with van der Waals surface area (Å²) in [5.74, 6) is 1.06. The third-order valence-corrected chi connectivity index (χ3v) is 4.21. The summed E-state index contributed by atoms with van der Waals surface area (Å²) in [5, 5.41) is 13.2. The van der Waals surface area contributed by atoms with E-state index in [1.807, 2.05) is 24.3 Å². The van der Waals surface area contributed by atoms with Crippen LogP contribution in [0.2, 0.25) is 0 Å². The number of fused-ring (bicyclic) bond motifs is 1. The Morgan fingerprint density at radius 3 is 3.04 bits per heavy atom. The summed E-state index contributed by atoms with van der Waals surface area (Å²) in [5.41, 5.74) is 2.30. The number of anilines is 1. The maximum Gasteiger partial charge on any atom is 0.231 e. The van der Waals surface area contributed by atoms with Gasteiger partial charge < -0.3 is 9.64 Å². The lowest BCUT2D eigenvalue weighted by Gasteiger charge is -2.18. The molecule has 0 radical (unpaired) electrons. The first-order chi connectivity index (χ1) is 11.8. The van der Waals surface area contributed by atoms with E-state index in [9.17, 15) is 0 Å². The van der Waals surface area contributed by atoms with E-state index in [0.717, 1.165) is 30.8 Å². The molecule has 0 spiro atoms. The van der Waals surface area contributed by atoms with E-state index < -0.39 is 0 Å². The van der Waals surface area contributed by atoms with Crippen molar-refractivity contribution in [2.75, 3.05) is 24.6 Å². The predicted octanol–water partition coefficient (Wildman–Crippen LogP) is 1.90. The van der Waals surface area contributed by atoms with Crippen LogP contribution in [-0.4, -0.2) is 39.3 Å². The van der Waals surface area contributed by atoms with Gasteiger partial charge in [-0.2, -0.15) is 5.26 Å². The standard InChI is InChI=1S/C17H16N6O/c18-9-14-1-2-15(10-20-14)22-7-5-13(11-22)12-24-17-4-3-16-19-6-8-23(16)21-17/h1-4,6,8,10,13H,5,7,11-12H2. The van der Waals surface area contributed by atoms with E-state index in [0.29, 0.717) is 24.1 Å². The Balaban J connectivity index is 1.35. The van der Waals surface area contributed by atoms with Crippen LogP contribution in [0.1, 0.15) is 12.1 Å². The molecule has 0 bridgehead atoms. The molecule has 0 amide bonds. The lowest BCUT2D eigenvalue weighted by Crippen LogP contribution is -2.22. The Morgan fingerprint density at radius 2 is 2.21 bits per heavy atom. The number of hydrogen-bond donors (Lipinski definition) is 0. The molecule has 1 atom stereocenters. The largest absolute Gasteiger partial charge is 0.476 e. The average molecular weight is 320 g/mol. The second kappa shape index (κ2) is 6.16. The normalized spacial score (nSPS) is 17.1. The highest BCUT2D eigenvalue weighted by atomic mass is 16.5. The number of aromatic nitrogens is 4. The van der Waals surface area contributed by atoms with E-state index >= 15 is 0 Å². The van der Waals surface area contributed by atoms with Gasteiger partial charge >= 0.3 is 0 Å². The Kier molecular flexibility index (Phi) is 3.71. The third-order valence-electron chi connectivity index (χ3n) is 4.21. The van der Waals surface area contributed by atoms with Crippen LogP contribution in [0, 0.1) is 17.2 Å². The highest BCUT2D eigenvalue weighted by molar-refractivity contribution is 5.46. The fraction of sp³-hybridized carbons (Fsp3) is 0.294. The van der Waals surface area contributed by atoms with Gasteiger partial charge in [-0.1, -0.05) is 0 Å². The van der Waals surface area contributed by atoms with Crippen molar-refractivity contribution in [3.63, 3.8) is 0 Å². The minimum atomic E-state index is 0.443. The molecule has 3 aromatic heterocycles. The third kappa shape index (κ3) is 2.86. The number of hydrogen-bond acceptors (Lipinski definition) is 6. The molecule has 24 heavy (non-hydrogen) atoms. The Hall–Kier alpha value is -3.14. The van der Waals surface area contributed by atoms with E-state index in [2.05, 4.69) is 20.0 Å². The van der Waals surface area contributed by atoms with E-state index in [1.165, 1.54) is 0 Å². The molecule has 7 heteroatoms. The van der Waals surface area contributed by atoms with Crippen molar-refractivity contribution in [2.45, 2.75) is 6.42 Å². The molecule has 1 fully saturated rings. The SMILES string of the molecule is N#Cc1ccc(N2CCC(COc3ccc4nccn4n3)C2)cn1. The second-order valence-electron chi connectivity index (χ2n) is 5.83. The molecule has 0 aromatic carbocycles. The maximum absolute atomic E-state index is 8.81. The van der Waals surface area contributed by atoms with Gasteiger partial charge in [-0.05, 0) is 24.6 Å². The zero-order chi connectivity index (χ0) is 16.4. The Morgan fingerprint density at radius 1 is 1.25 bits per heavy atom. The van der Waals surface area contributed by atoms with Gasteiger partial charge in [0.2, 0.25) is 5.88 Å². The molecule has 1 aliphatic rings. The van der Waals surface area contributed by atoms with Crippen molar-refractivity contribution in [1.29, 1.82) is 5.26 Å². The molecule has 0 aliphatic carbocycles. The number of nitriles is 1. The maximum atomic E-state index is 8.81. The summed E-state index contributed by atoms with van der Waals surface area (Å²) in [7, 11) is 0. The second-order valence-corrected chi connectivity index (χ2v) is 5.83. The summed E-state index contributed by atoms with van der Waals surface area (Å²) in [4.78, 5) is 10.6. The molecule has 0 saturated carbocycles. The molecule has 7 nitrogen and oxygen atoms in total. The van der Waals surface area contributed by atoms with Gasteiger partial charge in [0, 0.05) is 37.5 Å². The smallest absolute Gasteiger partial charge is 0.231 e. The highest BCUT2D eigenvalue weighted by Crippen LogP contribution is 2.24. The van der Waals surface area contributed by atoms with Crippen LogP contribution in [0.5, 0.6) is 5.88 Å². The molecule has 4 rings (SSSR count). The average Bonchev–Trinajstić information content (AvgIpc) is 3.29. The number of rotatable bonds is 4. The van der Waals surface area contributed by atoms with Crippen molar-refractivity contribution in [2.24, 2.45) is 5.92 Å². The molecule has 120 valence electrons. The first-order valence-electron chi connectivity index (χ1n) is 7.86. The van der Waals surface area contributed by atoms with Gasteiger partial charge in [0.1, 0.15) is 11.8 Å². The van der Waals surface area contributed by atoms with Crippen LogP contribution in [0.15, 0.2) is 42.9 Å². The molecule has 0 N–H and O–H groups in total. The number of imidazole rings is 1. The van der Waals surface area contributed by atoms with Gasteiger partial charge in [-0.3, -0.25) is 0 Å². The topological polar surface area (TPSA) is 79.3 Å². The first-order valence-corrected chi connectivity index (χ1v) is 7.86. The quantitative estimate of drug-likeness (QED) is 0.730.